The van der Waals surface area contributed by atoms with Crippen LogP contribution in [0.4, 0.5) is 10.1 Å². The van der Waals surface area contributed by atoms with Gasteiger partial charge < -0.3 is 5.32 Å². The molecule has 0 aliphatic carbocycles. The summed E-state index contributed by atoms with van der Waals surface area (Å²) in [7, 11) is 0. The zero-order valence-corrected chi connectivity index (χ0v) is 11.2. The first-order chi connectivity index (χ1) is 8.58. The number of hydrogen-bond acceptors (Lipinski definition) is 2. The van der Waals surface area contributed by atoms with Crippen LogP contribution in [0.2, 0.25) is 0 Å². The lowest BCUT2D eigenvalue weighted by Gasteiger charge is -2.09. The lowest BCUT2D eigenvalue weighted by Crippen LogP contribution is -2.12. The summed E-state index contributed by atoms with van der Waals surface area (Å²) >= 11 is 3.09. The molecule has 1 aromatic heterocycles. The van der Waals surface area contributed by atoms with Crippen molar-refractivity contribution in [1.29, 1.82) is 0 Å². The number of rotatable bonds is 2. The second-order valence-electron chi connectivity index (χ2n) is 3.77. The van der Waals surface area contributed by atoms with E-state index in [4.69, 9.17) is 0 Å². The third-order valence-corrected chi connectivity index (χ3v) is 3.07. The first-order valence-electron chi connectivity index (χ1n) is 5.25. The molecular formula is C13H10BrFN2O. The number of pyridine rings is 1. The average molecular weight is 309 g/mol. The molecular weight excluding hydrogens is 299 g/mol. The molecule has 0 aliphatic rings. The Morgan fingerprint density at radius 3 is 2.67 bits per heavy atom. The highest BCUT2D eigenvalue weighted by atomic mass is 79.9. The topological polar surface area (TPSA) is 42.0 Å². The number of nitrogens with zero attached hydrogens (tertiary/aromatic N) is 1. The van der Waals surface area contributed by atoms with Gasteiger partial charge in [0.25, 0.3) is 5.91 Å². The van der Waals surface area contributed by atoms with Crippen LogP contribution in [0.25, 0.3) is 0 Å². The Morgan fingerprint density at radius 1 is 1.33 bits per heavy atom. The number of benzene rings is 1. The molecule has 1 amide bonds. The summed E-state index contributed by atoms with van der Waals surface area (Å²) in [6.45, 7) is 1.73. The van der Waals surface area contributed by atoms with Crippen LogP contribution in [0.1, 0.15) is 15.9 Å². The number of hydrogen-bond donors (Lipinski definition) is 1. The SMILES string of the molecule is Cc1cc(F)c(Br)cc1NC(=O)c1ccncc1. The average Bonchev–Trinajstić information content (AvgIpc) is 2.37. The van der Waals surface area contributed by atoms with E-state index in [2.05, 4.69) is 26.2 Å². The van der Waals surface area contributed by atoms with E-state index in [-0.39, 0.29) is 11.7 Å². The number of carbonyl (C=O) groups is 1. The van der Waals surface area contributed by atoms with Crippen molar-refractivity contribution in [2.75, 3.05) is 5.32 Å². The largest absolute Gasteiger partial charge is 0.322 e. The minimum absolute atomic E-state index is 0.251. The first kappa shape index (κ1) is 12.7. The standard InChI is InChI=1S/C13H10BrFN2O/c1-8-6-11(15)10(14)7-12(8)17-13(18)9-2-4-16-5-3-9/h2-7H,1H3,(H,17,18). The molecule has 2 aromatic rings. The highest BCUT2D eigenvalue weighted by Gasteiger charge is 2.09. The zero-order chi connectivity index (χ0) is 13.1. The molecule has 0 spiro atoms. The van der Waals surface area contributed by atoms with Crippen LogP contribution in [0.5, 0.6) is 0 Å². The number of halogens is 2. The zero-order valence-electron chi connectivity index (χ0n) is 9.58. The number of anilines is 1. The summed E-state index contributed by atoms with van der Waals surface area (Å²) in [5.74, 6) is -0.603. The van der Waals surface area contributed by atoms with Crippen molar-refractivity contribution in [3.63, 3.8) is 0 Å². The van der Waals surface area contributed by atoms with Crippen molar-refractivity contribution in [3.8, 4) is 0 Å². The maximum atomic E-state index is 13.3. The minimum atomic E-state index is -0.352. The Hall–Kier alpha value is -1.75. The summed E-state index contributed by atoms with van der Waals surface area (Å²) in [5.41, 5.74) is 1.74. The van der Waals surface area contributed by atoms with E-state index >= 15 is 0 Å². The van der Waals surface area contributed by atoms with E-state index in [0.29, 0.717) is 21.3 Å². The molecule has 0 unspecified atom stereocenters. The molecule has 0 saturated heterocycles. The minimum Gasteiger partial charge on any atom is -0.322 e. The van der Waals surface area contributed by atoms with Crippen molar-refractivity contribution in [2.24, 2.45) is 0 Å². The normalized spacial score (nSPS) is 10.2. The van der Waals surface area contributed by atoms with E-state index in [1.807, 2.05) is 0 Å². The maximum Gasteiger partial charge on any atom is 0.255 e. The second kappa shape index (κ2) is 5.27. The number of amides is 1. The lowest BCUT2D eigenvalue weighted by atomic mass is 10.2. The van der Waals surface area contributed by atoms with Gasteiger partial charge in [0, 0.05) is 23.6 Å². The molecule has 0 fully saturated rings. The molecule has 5 heteroatoms. The van der Waals surface area contributed by atoms with Crippen LogP contribution in [0.3, 0.4) is 0 Å². The van der Waals surface area contributed by atoms with Gasteiger partial charge in [-0.2, -0.15) is 0 Å². The number of aromatic nitrogens is 1. The van der Waals surface area contributed by atoms with Crippen LogP contribution in [0, 0.1) is 12.7 Å². The van der Waals surface area contributed by atoms with Gasteiger partial charge in [-0.1, -0.05) is 0 Å². The molecule has 0 atom stereocenters. The highest BCUT2D eigenvalue weighted by Crippen LogP contribution is 2.24. The van der Waals surface area contributed by atoms with Gasteiger partial charge >= 0.3 is 0 Å². The lowest BCUT2D eigenvalue weighted by molar-refractivity contribution is 0.102. The third kappa shape index (κ3) is 2.73. The Balaban J connectivity index is 2.25. The summed E-state index contributed by atoms with van der Waals surface area (Å²) in [6, 6.07) is 6.14. The van der Waals surface area contributed by atoms with Gasteiger partial charge in [0.15, 0.2) is 0 Å². The Labute approximate surface area is 112 Å². The predicted octanol–water partition coefficient (Wildman–Crippen LogP) is 3.54. The van der Waals surface area contributed by atoms with Gasteiger partial charge in [-0.3, -0.25) is 9.78 Å². The van der Waals surface area contributed by atoms with Crippen LogP contribution < -0.4 is 5.32 Å². The summed E-state index contributed by atoms with van der Waals surface area (Å²) < 4.78 is 13.6. The van der Waals surface area contributed by atoms with Crippen LogP contribution >= 0.6 is 15.9 Å². The van der Waals surface area contributed by atoms with Crippen LogP contribution in [-0.2, 0) is 0 Å². The highest BCUT2D eigenvalue weighted by molar-refractivity contribution is 9.10. The van der Waals surface area contributed by atoms with Crippen molar-refractivity contribution >= 4 is 27.5 Å². The first-order valence-corrected chi connectivity index (χ1v) is 6.04. The van der Waals surface area contributed by atoms with E-state index in [9.17, 15) is 9.18 Å². The number of aryl methyl sites for hydroxylation is 1. The van der Waals surface area contributed by atoms with Crippen molar-refractivity contribution in [3.05, 3.63) is 58.1 Å². The van der Waals surface area contributed by atoms with Gasteiger partial charge in [-0.25, -0.2) is 4.39 Å². The van der Waals surface area contributed by atoms with Gasteiger partial charge in [0.2, 0.25) is 0 Å². The quantitative estimate of drug-likeness (QED) is 0.922. The molecule has 1 heterocycles. The molecule has 1 N–H and O–H groups in total. The predicted molar refractivity (Wildman–Crippen MR) is 71.0 cm³/mol. The fourth-order valence-corrected chi connectivity index (χ4v) is 1.82. The summed E-state index contributed by atoms with van der Waals surface area (Å²) in [5, 5.41) is 2.73. The molecule has 0 radical (unpaired) electrons. The smallest absolute Gasteiger partial charge is 0.255 e. The number of nitrogens with one attached hydrogen (secondary N) is 1. The third-order valence-electron chi connectivity index (χ3n) is 2.46. The van der Waals surface area contributed by atoms with Crippen molar-refractivity contribution in [1.82, 2.24) is 4.98 Å². The Morgan fingerprint density at radius 2 is 2.00 bits per heavy atom. The molecule has 3 nitrogen and oxygen atoms in total. The van der Waals surface area contributed by atoms with Crippen molar-refractivity contribution in [2.45, 2.75) is 6.92 Å². The number of carbonyl (C=O) groups excluding carboxylic acids is 1. The molecule has 0 bridgehead atoms. The fraction of sp³-hybridized carbons (Fsp3) is 0.0769. The van der Waals surface area contributed by atoms with Crippen molar-refractivity contribution < 1.29 is 9.18 Å². The summed E-state index contributed by atoms with van der Waals surface area (Å²) in [6.07, 6.45) is 3.09. The maximum absolute atomic E-state index is 13.3. The molecule has 2 rings (SSSR count). The monoisotopic (exact) mass is 308 g/mol. The fourth-order valence-electron chi connectivity index (χ4n) is 1.48. The summed E-state index contributed by atoms with van der Waals surface area (Å²) in [4.78, 5) is 15.8. The van der Waals surface area contributed by atoms with Gasteiger partial charge in [0.1, 0.15) is 5.82 Å². The van der Waals surface area contributed by atoms with E-state index in [1.54, 1.807) is 37.5 Å². The van der Waals surface area contributed by atoms with Crippen LogP contribution in [0.15, 0.2) is 41.1 Å². The second-order valence-corrected chi connectivity index (χ2v) is 4.63. The van der Waals surface area contributed by atoms with Crippen LogP contribution in [-0.4, -0.2) is 10.9 Å². The molecule has 0 aliphatic heterocycles. The van der Waals surface area contributed by atoms with Gasteiger partial charge in [-0.15, -0.1) is 0 Å². The van der Waals surface area contributed by atoms with E-state index < -0.39 is 0 Å². The van der Waals surface area contributed by atoms with Gasteiger partial charge in [0.05, 0.1) is 4.47 Å². The van der Waals surface area contributed by atoms with E-state index in [1.165, 1.54) is 6.07 Å². The Kier molecular flexibility index (Phi) is 3.72. The molecule has 92 valence electrons. The van der Waals surface area contributed by atoms with Gasteiger partial charge in [-0.05, 0) is 52.7 Å². The molecule has 0 saturated carbocycles. The van der Waals surface area contributed by atoms with E-state index in [0.717, 1.165) is 0 Å². The molecule has 1 aromatic carbocycles. The molecule has 18 heavy (non-hydrogen) atoms. The Bertz CT molecular complexity index is 587.